The molecule has 0 aliphatic rings. The zero-order valence-electron chi connectivity index (χ0n) is 13.7. The molecular weight excluding hydrogens is 319 g/mol. The molecule has 0 amide bonds. The number of aromatic nitrogens is 2. The molecule has 0 fully saturated rings. The van der Waals surface area contributed by atoms with Crippen molar-refractivity contribution in [1.29, 1.82) is 0 Å². The second-order valence-electron chi connectivity index (χ2n) is 5.48. The molecule has 0 aliphatic carbocycles. The predicted molar refractivity (Wildman–Crippen MR) is 95.8 cm³/mol. The lowest BCUT2D eigenvalue weighted by atomic mass is 10.0. The number of allylic oxidation sites excluding steroid dienone is 1. The summed E-state index contributed by atoms with van der Waals surface area (Å²) in [5.74, 6) is 0.134. The highest BCUT2D eigenvalue weighted by molar-refractivity contribution is 5.80. The van der Waals surface area contributed by atoms with Gasteiger partial charge in [-0.05, 0) is 23.3 Å². The van der Waals surface area contributed by atoms with E-state index in [2.05, 4.69) is 9.97 Å². The first-order chi connectivity index (χ1) is 12.2. The number of hydrogen-bond donors (Lipinski definition) is 1. The van der Waals surface area contributed by atoms with Gasteiger partial charge in [-0.25, -0.2) is 9.37 Å². The molecule has 0 bridgehead atoms. The van der Waals surface area contributed by atoms with E-state index in [1.807, 2.05) is 30.3 Å². The first-order valence-electron chi connectivity index (χ1n) is 7.80. The Hall–Kier alpha value is -3.21. The molecule has 3 aromatic rings. The van der Waals surface area contributed by atoms with Gasteiger partial charge in [-0.1, -0.05) is 42.5 Å². The fourth-order valence-corrected chi connectivity index (χ4v) is 2.54. The Labute approximate surface area is 144 Å². The fraction of sp³-hybridized carbons (Fsp3) is 0.100. The third-order valence-corrected chi connectivity index (χ3v) is 3.76. The summed E-state index contributed by atoms with van der Waals surface area (Å²) in [6, 6.07) is 16.0. The average molecular weight is 336 g/mol. The molecule has 0 saturated heterocycles. The number of halogens is 1. The highest BCUT2D eigenvalue weighted by Crippen LogP contribution is 2.25. The van der Waals surface area contributed by atoms with E-state index < -0.39 is 5.82 Å². The van der Waals surface area contributed by atoms with Crippen LogP contribution in [0.1, 0.15) is 17.0 Å². The van der Waals surface area contributed by atoms with E-state index in [4.69, 9.17) is 4.74 Å². The summed E-state index contributed by atoms with van der Waals surface area (Å²) in [6.45, 7) is 0. The van der Waals surface area contributed by atoms with Crippen molar-refractivity contribution in [3.8, 4) is 5.75 Å². The van der Waals surface area contributed by atoms with E-state index in [1.54, 1.807) is 24.3 Å². The predicted octanol–water partition coefficient (Wildman–Crippen LogP) is 3.70. The third kappa shape index (κ3) is 4.01. The van der Waals surface area contributed by atoms with Crippen LogP contribution in [0.4, 0.5) is 4.39 Å². The molecule has 0 atom stereocenters. The summed E-state index contributed by atoms with van der Waals surface area (Å²) in [7, 11) is 1.42. The SMILES string of the molecule is COc1cccc(C=C(Cc2ccccc2)c2nccc(=O)[nH]2)c1F. The van der Waals surface area contributed by atoms with Crippen molar-refractivity contribution in [3.05, 3.63) is 93.9 Å². The molecular formula is C20H17FN2O2. The van der Waals surface area contributed by atoms with Crippen molar-refractivity contribution in [3.63, 3.8) is 0 Å². The molecule has 1 heterocycles. The zero-order valence-corrected chi connectivity index (χ0v) is 13.7. The number of ether oxygens (including phenoxy) is 1. The van der Waals surface area contributed by atoms with Crippen LogP contribution in [0.2, 0.25) is 0 Å². The zero-order chi connectivity index (χ0) is 17.6. The first-order valence-corrected chi connectivity index (χ1v) is 7.80. The Bertz CT molecular complexity index is 949. The number of methoxy groups -OCH3 is 1. The monoisotopic (exact) mass is 336 g/mol. The lowest BCUT2D eigenvalue weighted by molar-refractivity contribution is 0.386. The summed E-state index contributed by atoms with van der Waals surface area (Å²) in [4.78, 5) is 18.6. The summed E-state index contributed by atoms with van der Waals surface area (Å²) in [5.41, 5.74) is 1.85. The summed E-state index contributed by atoms with van der Waals surface area (Å²) < 4.78 is 19.5. The Morgan fingerprint density at radius 1 is 1.16 bits per heavy atom. The Kier molecular flexibility index (Phi) is 5.04. The topological polar surface area (TPSA) is 55.0 Å². The Morgan fingerprint density at radius 2 is 1.96 bits per heavy atom. The number of hydrogen-bond acceptors (Lipinski definition) is 3. The molecule has 0 spiro atoms. The van der Waals surface area contributed by atoms with E-state index >= 15 is 0 Å². The summed E-state index contributed by atoms with van der Waals surface area (Å²) in [5, 5.41) is 0. The number of nitrogens with one attached hydrogen (secondary N) is 1. The normalized spacial score (nSPS) is 11.4. The van der Waals surface area contributed by atoms with E-state index in [-0.39, 0.29) is 11.3 Å². The number of H-pyrrole nitrogens is 1. The minimum Gasteiger partial charge on any atom is -0.494 e. The molecule has 25 heavy (non-hydrogen) atoms. The van der Waals surface area contributed by atoms with Crippen molar-refractivity contribution < 1.29 is 9.13 Å². The smallest absolute Gasteiger partial charge is 0.251 e. The number of benzene rings is 2. The first kappa shape index (κ1) is 16.6. The number of nitrogens with zero attached hydrogens (tertiary/aromatic N) is 1. The van der Waals surface area contributed by atoms with Crippen LogP contribution in [-0.2, 0) is 6.42 Å². The van der Waals surface area contributed by atoms with Gasteiger partial charge in [-0.3, -0.25) is 4.79 Å². The van der Waals surface area contributed by atoms with Crippen molar-refractivity contribution in [1.82, 2.24) is 9.97 Å². The van der Waals surface area contributed by atoms with Crippen molar-refractivity contribution in [2.75, 3.05) is 7.11 Å². The van der Waals surface area contributed by atoms with E-state index in [9.17, 15) is 9.18 Å². The van der Waals surface area contributed by atoms with E-state index in [0.29, 0.717) is 23.4 Å². The third-order valence-electron chi connectivity index (χ3n) is 3.76. The lowest BCUT2D eigenvalue weighted by Gasteiger charge is -2.09. The molecule has 1 N–H and O–H groups in total. The fourth-order valence-electron chi connectivity index (χ4n) is 2.54. The Balaban J connectivity index is 2.09. The molecule has 0 aliphatic heterocycles. The highest BCUT2D eigenvalue weighted by atomic mass is 19.1. The second kappa shape index (κ2) is 7.57. The highest BCUT2D eigenvalue weighted by Gasteiger charge is 2.11. The molecule has 4 nitrogen and oxygen atoms in total. The second-order valence-corrected chi connectivity index (χ2v) is 5.48. The maximum absolute atomic E-state index is 14.5. The maximum Gasteiger partial charge on any atom is 0.251 e. The molecule has 0 saturated carbocycles. The molecule has 0 radical (unpaired) electrons. The van der Waals surface area contributed by atoms with Crippen LogP contribution in [0.5, 0.6) is 5.75 Å². The van der Waals surface area contributed by atoms with Crippen LogP contribution in [0, 0.1) is 5.82 Å². The minimum absolute atomic E-state index is 0.169. The van der Waals surface area contributed by atoms with Crippen molar-refractivity contribution in [2.24, 2.45) is 0 Å². The number of aromatic amines is 1. The van der Waals surface area contributed by atoms with Crippen LogP contribution in [0.15, 0.2) is 65.6 Å². The molecule has 2 aromatic carbocycles. The molecule has 3 rings (SSSR count). The van der Waals surface area contributed by atoms with Crippen LogP contribution in [0.25, 0.3) is 11.6 Å². The lowest BCUT2D eigenvalue weighted by Crippen LogP contribution is -2.09. The number of rotatable bonds is 5. The van der Waals surface area contributed by atoms with Crippen molar-refractivity contribution >= 4 is 11.6 Å². The van der Waals surface area contributed by atoms with Gasteiger partial charge in [-0.15, -0.1) is 0 Å². The molecule has 126 valence electrons. The van der Waals surface area contributed by atoms with Gasteiger partial charge in [0.2, 0.25) is 0 Å². The van der Waals surface area contributed by atoms with Gasteiger partial charge in [0, 0.05) is 24.2 Å². The van der Waals surface area contributed by atoms with Crippen LogP contribution >= 0.6 is 0 Å². The quantitative estimate of drug-likeness (QED) is 0.773. The summed E-state index contributed by atoms with van der Waals surface area (Å²) in [6.07, 6.45) is 3.63. The van der Waals surface area contributed by atoms with Gasteiger partial charge < -0.3 is 9.72 Å². The van der Waals surface area contributed by atoms with Gasteiger partial charge in [0.05, 0.1) is 7.11 Å². The van der Waals surface area contributed by atoms with E-state index in [0.717, 1.165) is 5.56 Å². The van der Waals surface area contributed by atoms with E-state index in [1.165, 1.54) is 19.4 Å². The van der Waals surface area contributed by atoms with Gasteiger partial charge in [0.15, 0.2) is 11.6 Å². The largest absolute Gasteiger partial charge is 0.494 e. The van der Waals surface area contributed by atoms with Gasteiger partial charge in [-0.2, -0.15) is 0 Å². The summed E-state index contributed by atoms with van der Waals surface area (Å²) >= 11 is 0. The van der Waals surface area contributed by atoms with Crippen LogP contribution in [-0.4, -0.2) is 17.1 Å². The van der Waals surface area contributed by atoms with Gasteiger partial charge in [0.25, 0.3) is 5.56 Å². The van der Waals surface area contributed by atoms with Crippen LogP contribution < -0.4 is 10.3 Å². The Morgan fingerprint density at radius 3 is 2.68 bits per heavy atom. The van der Waals surface area contributed by atoms with Gasteiger partial charge >= 0.3 is 0 Å². The van der Waals surface area contributed by atoms with Crippen molar-refractivity contribution in [2.45, 2.75) is 6.42 Å². The maximum atomic E-state index is 14.5. The van der Waals surface area contributed by atoms with Gasteiger partial charge in [0.1, 0.15) is 5.82 Å². The molecule has 1 aromatic heterocycles. The van der Waals surface area contributed by atoms with Crippen LogP contribution in [0.3, 0.4) is 0 Å². The molecule has 0 unspecified atom stereocenters. The average Bonchev–Trinajstić information content (AvgIpc) is 2.63. The minimum atomic E-state index is -0.450. The standard InChI is InChI=1S/C20H17FN2O2/c1-25-17-9-5-8-15(19(17)21)13-16(12-14-6-3-2-4-7-14)20-22-11-10-18(24)23-20/h2-11,13H,12H2,1H3,(H,22,23,24). The molecule has 5 heteroatoms.